The summed E-state index contributed by atoms with van der Waals surface area (Å²) < 4.78 is 23.8. The lowest BCUT2D eigenvalue weighted by atomic mass is 10.0. The SMILES string of the molecule is Cc1cc(N=Nc2ccc(S(=O)(=O)CCO)cc2)c2ccccc2c1O. The van der Waals surface area contributed by atoms with E-state index < -0.39 is 16.4 Å². The minimum atomic E-state index is -3.48. The molecule has 0 aliphatic carbocycles. The summed E-state index contributed by atoms with van der Waals surface area (Å²) in [4.78, 5) is 0.136. The zero-order valence-electron chi connectivity index (χ0n) is 14.1. The molecule has 0 aliphatic heterocycles. The van der Waals surface area contributed by atoms with E-state index in [1.54, 1.807) is 25.1 Å². The molecule has 0 bridgehead atoms. The van der Waals surface area contributed by atoms with Crippen LogP contribution in [-0.2, 0) is 9.84 Å². The molecular weight excluding hydrogens is 352 g/mol. The second-order valence-electron chi connectivity index (χ2n) is 5.84. The number of hydrogen-bond acceptors (Lipinski definition) is 6. The van der Waals surface area contributed by atoms with Gasteiger partial charge in [0.2, 0.25) is 0 Å². The van der Waals surface area contributed by atoms with Gasteiger partial charge in [0.25, 0.3) is 0 Å². The zero-order chi connectivity index (χ0) is 18.7. The molecule has 6 nitrogen and oxygen atoms in total. The van der Waals surface area contributed by atoms with Gasteiger partial charge in [-0.2, -0.15) is 5.11 Å². The number of aromatic hydroxyl groups is 1. The number of phenols is 1. The summed E-state index contributed by atoms with van der Waals surface area (Å²) in [5, 5.41) is 28.9. The maximum Gasteiger partial charge on any atom is 0.180 e. The molecule has 3 aromatic carbocycles. The number of nitrogens with zero attached hydrogens (tertiary/aromatic N) is 2. The Morgan fingerprint density at radius 1 is 0.962 bits per heavy atom. The number of aryl methyl sites for hydroxylation is 1. The number of rotatable bonds is 5. The molecule has 3 rings (SSSR count). The summed E-state index contributed by atoms with van der Waals surface area (Å²) in [5.74, 6) is -0.0925. The summed E-state index contributed by atoms with van der Waals surface area (Å²) >= 11 is 0. The van der Waals surface area contributed by atoms with Gasteiger partial charge in [-0.15, -0.1) is 5.11 Å². The van der Waals surface area contributed by atoms with Crippen LogP contribution in [0.2, 0.25) is 0 Å². The van der Waals surface area contributed by atoms with Crippen LogP contribution >= 0.6 is 0 Å². The fraction of sp³-hybridized carbons (Fsp3) is 0.158. The van der Waals surface area contributed by atoms with Crippen LogP contribution < -0.4 is 0 Å². The van der Waals surface area contributed by atoms with Gasteiger partial charge >= 0.3 is 0 Å². The van der Waals surface area contributed by atoms with Gasteiger partial charge in [-0.25, -0.2) is 8.42 Å². The van der Waals surface area contributed by atoms with Crippen molar-refractivity contribution in [1.82, 2.24) is 0 Å². The van der Waals surface area contributed by atoms with E-state index in [1.165, 1.54) is 12.1 Å². The average molecular weight is 370 g/mol. The highest BCUT2D eigenvalue weighted by Crippen LogP contribution is 2.36. The van der Waals surface area contributed by atoms with Crippen molar-refractivity contribution in [2.75, 3.05) is 12.4 Å². The van der Waals surface area contributed by atoms with Gasteiger partial charge in [0.15, 0.2) is 9.84 Å². The molecule has 0 aliphatic rings. The third-order valence-corrected chi connectivity index (χ3v) is 5.72. The summed E-state index contributed by atoms with van der Waals surface area (Å²) in [5.41, 5.74) is 1.82. The molecule has 0 aromatic heterocycles. The largest absolute Gasteiger partial charge is 0.507 e. The summed E-state index contributed by atoms with van der Waals surface area (Å²) in [6.45, 7) is 1.37. The topological polar surface area (TPSA) is 99.3 Å². The zero-order valence-corrected chi connectivity index (χ0v) is 14.9. The van der Waals surface area contributed by atoms with Gasteiger partial charge in [0, 0.05) is 10.8 Å². The molecule has 0 radical (unpaired) electrons. The first-order valence-electron chi connectivity index (χ1n) is 7.99. The molecule has 0 saturated carbocycles. The molecule has 26 heavy (non-hydrogen) atoms. The van der Waals surface area contributed by atoms with Crippen LogP contribution in [0.4, 0.5) is 11.4 Å². The quantitative estimate of drug-likeness (QED) is 0.662. The first-order chi connectivity index (χ1) is 12.4. The Morgan fingerprint density at radius 2 is 1.62 bits per heavy atom. The van der Waals surface area contributed by atoms with E-state index in [9.17, 15) is 13.5 Å². The lowest BCUT2D eigenvalue weighted by Gasteiger charge is -2.07. The van der Waals surface area contributed by atoms with Crippen LogP contribution in [0.5, 0.6) is 5.75 Å². The van der Waals surface area contributed by atoms with Crippen molar-refractivity contribution in [2.45, 2.75) is 11.8 Å². The molecule has 0 heterocycles. The fourth-order valence-electron chi connectivity index (χ4n) is 2.63. The molecule has 0 unspecified atom stereocenters. The predicted molar refractivity (Wildman–Crippen MR) is 100 cm³/mol. The fourth-order valence-corrected chi connectivity index (χ4v) is 3.66. The molecule has 0 saturated heterocycles. The number of phenolic OH excluding ortho intramolecular Hbond substituents is 1. The lowest BCUT2D eigenvalue weighted by Crippen LogP contribution is -2.09. The molecule has 134 valence electrons. The third-order valence-electron chi connectivity index (χ3n) is 4.01. The Kier molecular flexibility index (Phi) is 5.01. The summed E-state index contributed by atoms with van der Waals surface area (Å²) in [7, 11) is -3.48. The van der Waals surface area contributed by atoms with E-state index in [0.29, 0.717) is 22.3 Å². The van der Waals surface area contributed by atoms with Crippen LogP contribution in [0.25, 0.3) is 10.8 Å². The Labute approximate surface area is 151 Å². The number of aliphatic hydroxyl groups excluding tert-OH is 1. The molecule has 0 spiro atoms. The third kappa shape index (κ3) is 3.58. The standard InChI is InChI=1S/C19H18N2O4S/c1-13-12-18(16-4-2-3-5-17(16)19(13)23)21-20-14-6-8-15(9-7-14)26(24,25)11-10-22/h2-9,12,22-23H,10-11H2,1H3. The Balaban J connectivity index is 1.94. The second kappa shape index (κ2) is 7.23. The number of aliphatic hydroxyl groups is 1. The second-order valence-corrected chi connectivity index (χ2v) is 7.95. The maximum atomic E-state index is 11.9. The molecule has 0 amide bonds. The van der Waals surface area contributed by atoms with Crippen LogP contribution in [0.1, 0.15) is 5.56 Å². The first-order valence-corrected chi connectivity index (χ1v) is 9.64. The number of benzene rings is 3. The number of azo groups is 1. The first kappa shape index (κ1) is 18.0. The van der Waals surface area contributed by atoms with Crippen molar-refractivity contribution in [3.8, 4) is 5.75 Å². The van der Waals surface area contributed by atoms with E-state index in [2.05, 4.69) is 10.2 Å². The van der Waals surface area contributed by atoms with Crippen LogP contribution in [0, 0.1) is 6.92 Å². The van der Waals surface area contributed by atoms with Crippen molar-refractivity contribution < 1.29 is 18.6 Å². The smallest absolute Gasteiger partial charge is 0.180 e. The van der Waals surface area contributed by atoms with E-state index >= 15 is 0 Å². The Morgan fingerprint density at radius 3 is 2.27 bits per heavy atom. The van der Waals surface area contributed by atoms with Crippen LogP contribution in [0.3, 0.4) is 0 Å². The number of sulfone groups is 1. The van der Waals surface area contributed by atoms with Gasteiger partial charge in [-0.05, 0) is 42.8 Å². The minimum absolute atomic E-state index is 0.136. The number of fused-ring (bicyclic) bond motifs is 1. The number of hydrogen-bond donors (Lipinski definition) is 2. The van der Waals surface area contributed by atoms with Crippen LogP contribution in [-0.4, -0.2) is 31.0 Å². The minimum Gasteiger partial charge on any atom is -0.507 e. The van der Waals surface area contributed by atoms with E-state index in [-0.39, 0.29) is 16.4 Å². The van der Waals surface area contributed by atoms with E-state index in [1.807, 2.05) is 24.3 Å². The summed E-state index contributed by atoms with van der Waals surface area (Å²) in [6.07, 6.45) is 0. The van der Waals surface area contributed by atoms with Gasteiger partial charge in [-0.3, -0.25) is 0 Å². The van der Waals surface area contributed by atoms with Crippen LogP contribution in [0.15, 0.2) is 69.7 Å². The molecule has 0 fully saturated rings. The Hall–Kier alpha value is -2.77. The van der Waals surface area contributed by atoms with Gasteiger partial charge in [0.1, 0.15) is 5.75 Å². The lowest BCUT2D eigenvalue weighted by molar-refractivity contribution is 0.319. The monoisotopic (exact) mass is 370 g/mol. The molecule has 3 aromatic rings. The molecule has 7 heteroatoms. The highest BCUT2D eigenvalue weighted by molar-refractivity contribution is 7.91. The molecule has 0 atom stereocenters. The Bertz CT molecular complexity index is 1070. The van der Waals surface area contributed by atoms with Gasteiger partial charge in [-0.1, -0.05) is 24.3 Å². The van der Waals surface area contributed by atoms with E-state index in [4.69, 9.17) is 5.11 Å². The normalized spacial score (nSPS) is 12.1. The van der Waals surface area contributed by atoms with Crippen molar-refractivity contribution in [3.63, 3.8) is 0 Å². The predicted octanol–water partition coefficient (Wildman–Crippen LogP) is 4.04. The van der Waals surface area contributed by atoms with Crippen molar-refractivity contribution in [3.05, 3.63) is 60.2 Å². The van der Waals surface area contributed by atoms with Crippen molar-refractivity contribution >= 4 is 32.0 Å². The highest BCUT2D eigenvalue weighted by Gasteiger charge is 2.13. The van der Waals surface area contributed by atoms with Crippen molar-refractivity contribution in [2.24, 2.45) is 10.2 Å². The van der Waals surface area contributed by atoms with Crippen molar-refractivity contribution in [1.29, 1.82) is 0 Å². The highest BCUT2D eigenvalue weighted by atomic mass is 32.2. The summed E-state index contributed by atoms with van der Waals surface area (Å²) in [6, 6.07) is 15.1. The molecular formula is C19H18N2O4S. The average Bonchev–Trinajstić information content (AvgIpc) is 2.64. The van der Waals surface area contributed by atoms with E-state index in [0.717, 1.165) is 5.39 Å². The maximum absolute atomic E-state index is 11.9. The van der Waals surface area contributed by atoms with Gasteiger partial charge < -0.3 is 10.2 Å². The molecule has 2 N–H and O–H groups in total. The van der Waals surface area contributed by atoms with Gasteiger partial charge in [0.05, 0.1) is 28.6 Å².